The number of ether oxygens (including phenoxy) is 6. The molecule has 0 saturated carbocycles. The van der Waals surface area contributed by atoms with Crippen molar-refractivity contribution in [3.63, 3.8) is 0 Å². The molecule has 2 amide bonds. The summed E-state index contributed by atoms with van der Waals surface area (Å²) < 4.78 is 37.9. The molecule has 2 N–H and O–H groups in total. The largest absolute Gasteiger partial charge is 0.458 e. The predicted octanol–water partition coefficient (Wildman–Crippen LogP) is 4.65. The van der Waals surface area contributed by atoms with E-state index in [0.717, 1.165) is 12.0 Å². The monoisotopic (exact) mass is 788 g/mol. The number of ketones is 1. The molecule has 314 valence electrons. The number of fused-ring (bicyclic) bond motifs is 1. The molecule has 0 aliphatic carbocycles. The van der Waals surface area contributed by atoms with Gasteiger partial charge in [-0.1, -0.05) is 33.8 Å². The quantitative estimate of drug-likeness (QED) is 0.289. The third-order valence-electron chi connectivity index (χ3n) is 12.9. The Morgan fingerprint density at radius 2 is 1.84 bits per heavy atom. The predicted molar refractivity (Wildman–Crippen MR) is 204 cm³/mol. The van der Waals surface area contributed by atoms with Gasteiger partial charge in [0.25, 0.3) is 0 Å². The van der Waals surface area contributed by atoms with Crippen molar-refractivity contribution in [2.45, 2.75) is 154 Å². The van der Waals surface area contributed by atoms with Gasteiger partial charge in [-0.15, -0.1) is 0 Å². The van der Waals surface area contributed by atoms with Crippen molar-refractivity contribution in [2.24, 2.45) is 23.7 Å². The molecule has 0 bridgehead atoms. The normalized spacial score (nSPS) is 41.3. The number of esters is 1. The van der Waals surface area contributed by atoms with E-state index in [-0.39, 0.29) is 36.8 Å². The molecule has 1 aromatic rings. The van der Waals surface area contributed by atoms with Crippen LogP contribution in [0, 0.1) is 23.7 Å². The summed E-state index contributed by atoms with van der Waals surface area (Å²) in [5.41, 5.74) is -1.77. The van der Waals surface area contributed by atoms with Gasteiger partial charge in [0.1, 0.15) is 24.1 Å². The molecular weight excluding hydrogens is 724 g/mol. The number of nitrogens with one attached hydrogen (secondary N) is 1. The molecule has 0 spiro atoms. The zero-order valence-corrected chi connectivity index (χ0v) is 34.9. The Labute approximate surface area is 331 Å². The van der Waals surface area contributed by atoms with Crippen molar-refractivity contribution in [2.75, 3.05) is 27.7 Å². The van der Waals surface area contributed by atoms with Crippen LogP contribution in [0.2, 0.25) is 0 Å². The van der Waals surface area contributed by atoms with Gasteiger partial charge in [-0.25, -0.2) is 9.59 Å². The number of hydrogen-bond acceptors (Lipinski definition) is 13. The second-order valence-corrected chi connectivity index (χ2v) is 17.1. The Morgan fingerprint density at radius 1 is 1.12 bits per heavy atom. The molecule has 5 heterocycles. The summed E-state index contributed by atoms with van der Waals surface area (Å²) in [4.78, 5) is 63.9. The summed E-state index contributed by atoms with van der Waals surface area (Å²) in [6.07, 6.45) is -1.05. The topological polar surface area (TPSA) is 175 Å². The minimum Gasteiger partial charge on any atom is -0.458 e. The van der Waals surface area contributed by atoms with Gasteiger partial charge in [0.05, 0.1) is 35.8 Å². The van der Waals surface area contributed by atoms with Crippen molar-refractivity contribution < 1.29 is 52.7 Å². The summed E-state index contributed by atoms with van der Waals surface area (Å²) in [5, 5.41) is 14.5. The summed E-state index contributed by atoms with van der Waals surface area (Å²) >= 11 is 0. The van der Waals surface area contributed by atoms with Gasteiger partial charge in [-0.05, 0) is 85.5 Å². The highest BCUT2D eigenvalue weighted by atomic mass is 16.7. The summed E-state index contributed by atoms with van der Waals surface area (Å²) in [7, 11) is 5.28. The smallest absolute Gasteiger partial charge is 0.410 e. The van der Waals surface area contributed by atoms with Crippen LogP contribution in [0.25, 0.3) is 0 Å². The molecule has 4 aliphatic heterocycles. The van der Waals surface area contributed by atoms with Gasteiger partial charge in [0.15, 0.2) is 11.9 Å². The Bertz CT molecular complexity index is 1550. The zero-order valence-electron chi connectivity index (χ0n) is 34.9. The molecule has 4 aliphatic rings. The van der Waals surface area contributed by atoms with E-state index in [1.165, 1.54) is 7.11 Å². The standard InChI is InChI=1S/C41H64N4O11/c1-12-30-41(8)34(43-38(49)56-41)24(4)31(46)22(2)20-40(7,51-11)35(55-37-32(47)29(44(9)10)19-23(3)52-37)25(5)33(26(6)36(48)53-30)54-39(50)45-18-14-16-28(45)27-15-13-17-42-21-27/h13,15,17,21-26,28-30,32-35,37,47H,12,14,16,18-20H2,1-11H3,(H,43,49)/t22-,23-,24+,25+,26-,28-,29+,30-,32-,33+,34-,35-,37+,40-,41-/m1/s1. The maximum Gasteiger partial charge on any atom is 0.410 e. The molecule has 15 atom stereocenters. The van der Waals surface area contributed by atoms with Crippen molar-refractivity contribution in [1.29, 1.82) is 0 Å². The summed E-state index contributed by atoms with van der Waals surface area (Å²) in [6, 6.07) is 2.36. The van der Waals surface area contributed by atoms with Crippen molar-refractivity contribution in [1.82, 2.24) is 20.1 Å². The molecule has 56 heavy (non-hydrogen) atoms. The third kappa shape index (κ3) is 8.71. The van der Waals surface area contributed by atoms with Crippen LogP contribution >= 0.6 is 0 Å². The fraction of sp³-hybridized carbons (Fsp3) is 0.780. The lowest BCUT2D eigenvalue weighted by atomic mass is 9.73. The number of alkyl carbamates (subject to hydrolysis) is 1. The molecule has 15 heteroatoms. The second kappa shape index (κ2) is 17.6. The third-order valence-corrected chi connectivity index (χ3v) is 12.9. The van der Waals surface area contributed by atoms with Gasteiger partial charge in [-0.3, -0.25) is 14.6 Å². The first-order chi connectivity index (χ1) is 26.4. The molecule has 1 aromatic heterocycles. The fourth-order valence-corrected chi connectivity index (χ4v) is 9.62. The zero-order chi connectivity index (χ0) is 41.3. The maximum atomic E-state index is 14.4. The van der Waals surface area contributed by atoms with E-state index >= 15 is 0 Å². The number of methoxy groups -OCH3 is 1. The van der Waals surface area contributed by atoms with Gasteiger partial charge < -0.3 is 48.6 Å². The SMILES string of the molecule is CC[C@H]1OC(=O)[C@H](C)[C@@H](OC(=O)N2CCC[C@@H]2c2cccnc2)[C@H](C)[C@@H](O[C@@H]2O[C@H](C)C[C@H](N(C)C)[C@H]2O)[C@](C)(OC)C[C@@H](C)C(=O)[C@H](C)[C@H]2NC(=O)O[C@@]21C. The van der Waals surface area contributed by atoms with Gasteiger partial charge in [0, 0.05) is 49.8 Å². The number of rotatable bonds is 7. The molecule has 0 radical (unpaired) electrons. The Kier molecular flexibility index (Phi) is 13.8. The number of aromatic nitrogens is 1. The molecular formula is C41H64N4O11. The first-order valence-electron chi connectivity index (χ1n) is 20.2. The lowest BCUT2D eigenvalue weighted by Gasteiger charge is -2.48. The molecule has 15 nitrogen and oxygen atoms in total. The van der Waals surface area contributed by atoms with Crippen LogP contribution in [0.1, 0.15) is 99.1 Å². The fourth-order valence-electron chi connectivity index (χ4n) is 9.62. The Morgan fingerprint density at radius 3 is 2.46 bits per heavy atom. The highest BCUT2D eigenvalue weighted by Crippen LogP contribution is 2.42. The number of likely N-dealkylation sites (N-methyl/N-ethyl adjacent to an activating group) is 1. The number of nitrogens with zero attached hydrogens (tertiary/aromatic N) is 3. The maximum absolute atomic E-state index is 14.4. The highest BCUT2D eigenvalue weighted by Gasteiger charge is 2.58. The second-order valence-electron chi connectivity index (χ2n) is 17.1. The van der Waals surface area contributed by atoms with Crippen LogP contribution in [0.15, 0.2) is 24.5 Å². The number of amides is 2. The first-order valence-corrected chi connectivity index (χ1v) is 20.2. The summed E-state index contributed by atoms with van der Waals surface area (Å²) in [6.45, 7) is 14.6. The number of likely N-dealkylation sites (tertiary alicyclic amines) is 1. The van der Waals surface area contributed by atoms with E-state index in [1.807, 2.05) is 58.8 Å². The van der Waals surface area contributed by atoms with Crippen molar-refractivity contribution >= 4 is 23.9 Å². The summed E-state index contributed by atoms with van der Waals surface area (Å²) in [5.74, 6) is -4.08. The van der Waals surface area contributed by atoms with Gasteiger partial charge in [-0.2, -0.15) is 0 Å². The highest BCUT2D eigenvalue weighted by molar-refractivity contribution is 5.85. The van der Waals surface area contributed by atoms with Crippen molar-refractivity contribution in [3.8, 4) is 0 Å². The number of pyridine rings is 1. The average molecular weight is 789 g/mol. The van der Waals surface area contributed by atoms with E-state index in [1.54, 1.807) is 45.0 Å². The number of carbonyl (C=O) groups excluding carboxylic acids is 4. The van der Waals surface area contributed by atoms with E-state index in [0.29, 0.717) is 19.4 Å². The molecule has 0 aromatic carbocycles. The number of Topliss-reactive ketones (excluding diaryl/α,β-unsaturated/α-hetero) is 1. The molecule has 4 saturated heterocycles. The number of cyclic esters (lactones) is 1. The lowest BCUT2D eigenvalue weighted by molar-refractivity contribution is -0.301. The van der Waals surface area contributed by atoms with Crippen LogP contribution in [-0.4, -0.2) is 132 Å². The molecule has 4 fully saturated rings. The van der Waals surface area contributed by atoms with Crippen LogP contribution in [0.4, 0.5) is 9.59 Å². The number of aliphatic hydroxyl groups is 1. The number of carbonyl (C=O) groups is 4. The molecule has 0 unspecified atom stereocenters. The van der Waals surface area contributed by atoms with Gasteiger partial charge >= 0.3 is 18.2 Å². The van der Waals surface area contributed by atoms with Gasteiger partial charge in [0.2, 0.25) is 0 Å². The van der Waals surface area contributed by atoms with Crippen LogP contribution in [0.3, 0.4) is 0 Å². The van der Waals surface area contributed by atoms with Crippen LogP contribution in [0.5, 0.6) is 0 Å². The van der Waals surface area contributed by atoms with Crippen LogP contribution in [-0.2, 0) is 38.0 Å². The Hall–Kier alpha value is -3.37. The first kappa shape index (κ1) is 43.7. The molecule has 5 rings (SSSR count). The Balaban J connectivity index is 1.61. The van der Waals surface area contributed by atoms with E-state index in [4.69, 9.17) is 28.4 Å². The minimum atomic E-state index is -1.38. The number of aliphatic hydroxyl groups excluding tert-OH is 1. The number of hydrogen-bond donors (Lipinski definition) is 2. The van der Waals surface area contributed by atoms with Crippen LogP contribution < -0.4 is 5.32 Å². The minimum absolute atomic E-state index is 0.140. The van der Waals surface area contributed by atoms with E-state index in [9.17, 15) is 24.3 Å². The average Bonchev–Trinajstić information content (AvgIpc) is 3.79. The lowest BCUT2D eigenvalue weighted by Crippen LogP contribution is -2.61. The van der Waals surface area contributed by atoms with E-state index < -0.39 is 89.8 Å². The van der Waals surface area contributed by atoms with Crippen molar-refractivity contribution in [3.05, 3.63) is 30.1 Å². The van der Waals surface area contributed by atoms with E-state index in [2.05, 4.69) is 10.3 Å².